The van der Waals surface area contributed by atoms with Gasteiger partial charge in [0.2, 0.25) is 0 Å². The van der Waals surface area contributed by atoms with Crippen LogP contribution in [-0.2, 0) is 0 Å². The van der Waals surface area contributed by atoms with E-state index in [9.17, 15) is 5.11 Å². The molecule has 0 spiro atoms. The van der Waals surface area contributed by atoms with E-state index in [-0.39, 0.29) is 12.6 Å². The number of allylic oxidation sites excluding steroid dienone is 1. The van der Waals surface area contributed by atoms with E-state index in [2.05, 4.69) is 49.5 Å². The van der Waals surface area contributed by atoms with E-state index >= 15 is 0 Å². The molecule has 0 aromatic carbocycles. The molecule has 2 aromatic rings. The monoisotopic (exact) mass is 390 g/mol. The van der Waals surface area contributed by atoms with Crippen LogP contribution in [0.15, 0.2) is 46.3 Å². The van der Waals surface area contributed by atoms with E-state index in [0.717, 1.165) is 35.5 Å². The maximum atomic E-state index is 9.59. The van der Waals surface area contributed by atoms with Crippen LogP contribution in [0.4, 0.5) is 11.6 Å². The molecule has 0 bridgehead atoms. The molecule has 0 radical (unpaired) electrons. The lowest BCUT2D eigenvalue weighted by molar-refractivity contribution is 0.266. The molecule has 24 heavy (non-hydrogen) atoms. The third-order valence-electron chi connectivity index (χ3n) is 4.02. The molecule has 2 aromatic heterocycles. The first-order valence-electron chi connectivity index (χ1n) is 7.65. The Bertz CT molecular complexity index is 799. The average Bonchev–Trinajstić information content (AvgIpc) is 3.21. The van der Waals surface area contributed by atoms with Gasteiger partial charge >= 0.3 is 0 Å². The summed E-state index contributed by atoms with van der Waals surface area (Å²) in [5.41, 5.74) is 1.41. The van der Waals surface area contributed by atoms with Crippen LogP contribution in [-0.4, -0.2) is 45.6 Å². The van der Waals surface area contributed by atoms with Crippen molar-refractivity contribution >= 4 is 39.9 Å². The summed E-state index contributed by atoms with van der Waals surface area (Å²) in [6.45, 7) is 8.23. The Morgan fingerprint density at radius 3 is 3.12 bits per heavy atom. The third kappa shape index (κ3) is 3.07. The van der Waals surface area contributed by atoms with Gasteiger partial charge in [0.15, 0.2) is 5.65 Å². The number of aromatic nitrogens is 3. The van der Waals surface area contributed by atoms with Crippen LogP contribution in [0.25, 0.3) is 5.65 Å². The first-order chi connectivity index (χ1) is 11.7. The van der Waals surface area contributed by atoms with Gasteiger partial charge < -0.3 is 15.3 Å². The van der Waals surface area contributed by atoms with Crippen LogP contribution in [0.3, 0.4) is 0 Å². The van der Waals surface area contributed by atoms with Gasteiger partial charge in [-0.05, 0) is 41.6 Å². The summed E-state index contributed by atoms with van der Waals surface area (Å²) >= 11 is 3.49. The second-order valence-corrected chi connectivity index (χ2v) is 6.35. The molecular formula is C16H19BrN6O. The van der Waals surface area contributed by atoms with Crippen LogP contribution in [0.2, 0.25) is 0 Å². The van der Waals surface area contributed by atoms with Crippen LogP contribution in [0, 0.1) is 0 Å². The fraction of sp³-hybridized carbons (Fsp3) is 0.312. The Balaban J connectivity index is 2.08. The summed E-state index contributed by atoms with van der Waals surface area (Å²) in [6.07, 6.45) is 6.95. The van der Waals surface area contributed by atoms with Crippen molar-refractivity contribution in [2.45, 2.75) is 18.9 Å². The number of hydrogen-bond donors (Lipinski definition) is 2. The second kappa shape index (κ2) is 7.14. The van der Waals surface area contributed by atoms with E-state index in [1.54, 1.807) is 23.0 Å². The Hall–Kier alpha value is -2.19. The summed E-state index contributed by atoms with van der Waals surface area (Å²) in [7, 11) is 0. The van der Waals surface area contributed by atoms with E-state index < -0.39 is 0 Å². The van der Waals surface area contributed by atoms with Gasteiger partial charge in [-0.25, -0.2) is 4.98 Å². The zero-order valence-electron chi connectivity index (χ0n) is 13.2. The van der Waals surface area contributed by atoms with Crippen LogP contribution in [0.5, 0.6) is 0 Å². The lowest BCUT2D eigenvalue weighted by Crippen LogP contribution is -2.33. The van der Waals surface area contributed by atoms with Crippen LogP contribution >= 0.6 is 15.9 Å². The largest absolute Gasteiger partial charge is 0.394 e. The zero-order chi connectivity index (χ0) is 17.1. The lowest BCUT2D eigenvalue weighted by Gasteiger charge is -2.25. The number of anilines is 2. The highest BCUT2D eigenvalue weighted by atomic mass is 79.9. The number of aliphatic imine (C=N–C) groups is 1. The third-order valence-corrected chi connectivity index (χ3v) is 4.58. The van der Waals surface area contributed by atoms with Gasteiger partial charge in [-0.15, -0.1) is 0 Å². The van der Waals surface area contributed by atoms with E-state index in [4.69, 9.17) is 4.98 Å². The van der Waals surface area contributed by atoms with Gasteiger partial charge in [-0.2, -0.15) is 9.61 Å². The molecule has 1 atom stereocenters. The smallest absolute Gasteiger partial charge is 0.173 e. The topological polar surface area (TPSA) is 78.0 Å². The van der Waals surface area contributed by atoms with Crippen molar-refractivity contribution in [1.29, 1.82) is 0 Å². The molecule has 3 heterocycles. The molecule has 2 N–H and O–H groups in total. The first-order valence-corrected chi connectivity index (χ1v) is 8.44. The molecule has 0 saturated carbocycles. The average molecular weight is 391 g/mol. The summed E-state index contributed by atoms with van der Waals surface area (Å²) in [5.74, 6) is 1.54. The minimum absolute atomic E-state index is 0.0961. The highest BCUT2D eigenvalue weighted by Gasteiger charge is 2.26. The van der Waals surface area contributed by atoms with Gasteiger partial charge in [0.1, 0.15) is 11.6 Å². The number of halogens is 1. The minimum atomic E-state index is 0.0961. The Kier molecular flexibility index (Phi) is 4.96. The zero-order valence-corrected chi connectivity index (χ0v) is 14.8. The first kappa shape index (κ1) is 16.7. The molecule has 1 fully saturated rings. The molecule has 0 aliphatic carbocycles. The molecule has 1 aliphatic heterocycles. The van der Waals surface area contributed by atoms with Crippen molar-refractivity contribution in [2.24, 2.45) is 4.99 Å². The number of aliphatic hydroxyl groups excluding tert-OH is 1. The predicted octanol–water partition coefficient (Wildman–Crippen LogP) is 2.59. The van der Waals surface area contributed by atoms with Crippen molar-refractivity contribution in [3.63, 3.8) is 0 Å². The standard InChI is InChI=1S/C16H19BrN6O/c1-3-11(8-18-2)20-15-7-14(22-6-4-5-12(22)10-24)21-16-13(17)9-19-23(15)16/h3,7-9,12,20,24H,1-2,4-6,10H2/b11-8+. The van der Waals surface area contributed by atoms with Crippen molar-refractivity contribution < 1.29 is 5.11 Å². The molecule has 1 saturated heterocycles. The molecule has 1 unspecified atom stereocenters. The molecule has 126 valence electrons. The Morgan fingerprint density at radius 2 is 2.42 bits per heavy atom. The summed E-state index contributed by atoms with van der Waals surface area (Å²) in [5, 5.41) is 17.2. The maximum Gasteiger partial charge on any atom is 0.173 e. The normalized spacial score (nSPS) is 18.2. The molecular weight excluding hydrogens is 372 g/mol. The van der Waals surface area contributed by atoms with Crippen molar-refractivity contribution in [2.75, 3.05) is 23.4 Å². The highest BCUT2D eigenvalue weighted by Crippen LogP contribution is 2.29. The fourth-order valence-corrected chi connectivity index (χ4v) is 3.22. The molecule has 7 nitrogen and oxygen atoms in total. The van der Waals surface area contributed by atoms with E-state index in [1.807, 2.05) is 6.07 Å². The number of rotatable bonds is 6. The predicted molar refractivity (Wildman–Crippen MR) is 99.6 cm³/mol. The Labute approximate surface area is 148 Å². The fourth-order valence-electron chi connectivity index (χ4n) is 2.87. The van der Waals surface area contributed by atoms with Gasteiger partial charge in [0.25, 0.3) is 0 Å². The summed E-state index contributed by atoms with van der Waals surface area (Å²) < 4.78 is 2.51. The summed E-state index contributed by atoms with van der Waals surface area (Å²) in [6, 6.07) is 2.01. The minimum Gasteiger partial charge on any atom is -0.394 e. The second-order valence-electron chi connectivity index (χ2n) is 5.50. The number of nitrogens with one attached hydrogen (secondary N) is 1. The Morgan fingerprint density at radius 1 is 1.58 bits per heavy atom. The highest BCUT2D eigenvalue weighted by molar-refractivity contribution is 9.10. The summed E-state index contributed by atoms with van der Waals surface area (Å²) in [4.78, 5) is 10.6. The lowest BCUT2D eigenvalue weighted by atomic mass is 10.2. The van der Waals surface area contributed by atoms with Crippen LogP contribution in [0.1, 0.15) is 12.8 Å². The number of aliphatic hydroxyl groups is 1. The maximum absolute atomic E-state index is 9.59. The van der Waals surface area contributed by atoms with Crippen molar-refractivity contribution in [1.82, 2.24) is 14.6 Å². The number of hydrogen-bond acceptors (Lipinski definition) is 6. The quantitative estimate of drug-likeness (QED) is 0.585. The van der Waals surface area contributed by atoms with E-state index in [0.29, 0.717) is 11.3 Å². The number of fused-ring (bicyclic) bond motifs is 1. The molecule has 0 amide bonds. The number of nitrogens with zero attached hydrogens (tertiary/aromatic N) is 5. The SMILES string of the molecule is C=C/C(=C\N=C)Nc1cc(N2CCCC2CO)nc2c(Br)cnn12. The van der Waals surface area contributed by atoms with Gasteiger partial charge in [0, 0.05) is 18.8 Å². The van der Waals surface area contributed by atoms with Gasteiger partial charge in [0.05, 0.1) is 29.0 Å². The van der Waals surface area contributed by atoms with Gasteiger partial charge in [-0.3, -0.25) is 4.99 Å². The van der Waals surface area contributed by atoms with E-state index in [1.165, 1.54) is 0 Å². The molecule has 1 aliphatic rings. The van der Waals surface area contributed by atoms with Crippen molar-refractivity contribution in [3.8, 4) is 0 Å². The van der Waals surface area contributed by atoms with Crippen molar-refractivity contribution in [3.05, 3.63) is 41.3 Å². The molecule has 8 heteroatoms. The molecule has 3 rings (SSSR count). The van der Waals surface area contributed by atoms with Gasteiger partial charge in [-0.1, -0.05) is 6.58 Å². The van der Waals surface area contributed by atoms with Crippen LogP contribution < -0.4 is 10.2 Å².